The molecule has 1 fully saturated rings. The molecule has 1 aliphatic rings. The Morgan fingerprint density at radius 2 is 1.89 bits per heavy atom. The molecule has 2 rings (SSSR count). The van der Waals surface area contributed by atoms with Gasteiger partial charge in [0, 0.05) is 18.2 Å². The average Bonchev–Trinajstić information content (AvgIpc) is 2.36. The maximum Gasteiger partial charge on any atom is 0.144 e. The van der Waals surface area contributed by atoms with E-state index in [1.165, 1.54) is 25.0 Å². The van der Waals surface area contributed by atoms with Crippen LogP contribution in [0.1, 0.15) is 38.2 Å². The van der Waals surface area contributed by atoms with Gasteiger partial charge in [-0.1, -0.05) is 6.92 Å². The molecule has 4 heteroatoms. The van der Waals surface area contributed by atoms with E-state index in [9.17, 15) is 8.78 Å². The summed E-state index contributed by atoms with van der Waals surface area (Å²) < 4.78 is 27.6. The lowest BCUT2D eigenvalue weighted by Crippen LogP contribution is -2.32. The van der Waals surface area contributed by atoms with Crippen molar-refractivity contribution >= 4 is 15.9 Å². The summed E-state index contributed by atoms with van der Waals surface area (Å²) in [5, 5.41) is 3.27. The van der Waals surface area contributed by atoms with Gasteiger partial charge in [-0.2, -0.15) is 0 Å². The second kappa shape index (κ2) is 6.11. The van der Waals surface area contributed by atoms with Crippen molar-refractivity contribution in [2.45, 2.75) is 45.2 Å². The fourth-order valence-electron chi connectivity index (χ4n) is 2.44. The van der Waals surface area contributed by atoms with Crippen molar-refractivity contribution in [2.75, 3.05) is 0 Å². The van der Waals surface area contributed by atoms with Crippen LogP contribution in [0.25, 0.3) is 0 Å². The van der Waals surface area contributed by atoms with Gasteiger partial charge in [0.25, 0.3) is 0 Å². The molecule has 0 amide bonds. The number of hydrogen-bond donors (Lipinski definition) is 1. The summed E-state index contributed by atoms with van der Waals surface area (Å²) in [5.41, 5.74) is 0.128. The molecule has 18 heavy (non-hydrogen) atoms. The topological polar surface area (TPSA) is 12.0 Å². The van der Waals surface area contributed by atoms with Crippen LogP contribution < -0.4 is 5.32 Å². The molecule has 0 unspecified atom stereocenters. The van der Waals surface area contributed by atoms with E-state index in [1.807, 2.05) is 0 Å². The number of nitrogens with one attached hydrogen (secondary N) is 1. The van der Waals surface area contributed by atoms with Crippen LogP contribution in [0.5, 0.6) is 0 Å². The molecule has 0 heterocycles. The Bertz CT molecular complexity index is 415. The third-order valence-corrected chi connectivity index (χ3v) is 4.33. The van der Waals surface area contributed by atoms with Gasteiger partial charge in [-0.25, -0.2) is 8.78 Å². The molecular formula is C14H18BrF2N. The lowest BCUT2D eigenvalue weighted by molar-refractivity contribution is 0.304. The SMILES string of the molecule is CC1CCC(NCc2c(F)ccc(Br)c2F)CC1. The number of hydrogen-bond acceptors (Lipinski definition) is 1. The van der Waals surface area contributed by atoms with E-state index in [-0.39, 0.29) is 12.1 Å². The molecule has 1 aliphatic carbocycles. The summed E-state index contributed by atoms with van der Waals surface area (Å²) in [5.74, 6) is -0.193. The van der Waals surface area contributed by atoms with Crippen LogP contribution >= 0.6 is 15.9 Å². The van der Waals surface area contributed by atoms with Gasteiger partial charge in [0.1, 0.15) is 11.6 Å². The summed E-state index contributed by atoms with van der Waals surface area (Å²) in [7, 11) is 0. The van der Waals surface area contributed by atoms with Gasteiger partial charge < -0.3 is 5.32 Å². The van der Waals surface area contributed by atoms with E-state index in [2.05, 4.69) is 28.2 Å². The highest BCUT2D eigenvalue weighted by Gasteiger charge is 2.19. The Morgan fingerprint density at radius 3 is 2.56 bits per heavy atom. The van der Waals surface area contributed by atoms with E-state index in [0.29, 0.717) is 10.5 Å². The van der Waals surface area contributed by atoms with Crippen LogP contribution in [-0.2, 0) is 6.54 Å². The summed E-state index contributed by atoms with van der Waals surface area (Å²) in [6.07, 6.45) is 4.58. The highest BCUT2D eigenvalue weighted by molar-refractivity contribution is 9.10. The van der Waals surface area contributed by atoms with Gasteiger partial charge in [-0.3, -0.25) is 0 Å². The summed E-state index contributed by atoms with van der Waals surface area (Å²) in [6, 6.07) is 3.09. The van der Waals surface area contributed by atoms with E-state index in [0.717, 1.165) is 18.8 Å². The maximum absolute atomic E-state index is 13.8. The first kappa shape index (κ1) is 13.9. The second-order valence-electron chi connectivity index (χ2n) is 5.16. The van der Waals surface area contributed by atoms with E-state index >= 15 is 0 Å². The van der Waals surface area contributed by atoms with Crippen LogP contribution in [0, 0.1) is 17.6 Å². The van der Waals surface area contributed by atoms with Crippen LogP contribution in [0.15, 0.2) is 16.6 Å². The van der Waals surface area contributed by atoms with E-state index in [1.54, 1.807) is 0 Å². The van der Waals surface area contributed by atoms with Crippen LogP contribution in [0.3, 0.4) is 0 Å². The fourth-order valence-corrected chi connectivity index (χ4v) is 2.81. The van der Waals surface area contributed by atoms with Crippen molar-refractivity contribution in [3.63, 3.8) is 0 Å². The number of rotatable bonds is 3. The van der Waals surface area contributed by atoms with Gasteiger partial charge in [0.2, 0.25) is 0 Å². The average molecular weight is 318 g/mol. The minimum atomic E-state index is -0.494. The minimum Gasteiger partial charge on any atom is -0.310 e. The van der Waals surface area contributed by atoms with Crippen molar-refractivity contribution in [2.24, 2.45) is 5.92 Å². The Labute approximate surface area is 115 Å². The Hall–Kier alpha value is -0.480. The van der Waals surface area contributed by atoms with Crippen molar-refractivity contribution in [1.82, 2.24) is 5.32 Å². The van der Waals surface area contributed by atoms with Gasteiger partial charge in [-0.05, 0) is 59.7 Å². The zero-order valence-electron chi connectivity index (χ0n) is 10.5. The first-order valence-electron chi connectivity index (χ1n) is 6.43. The molecule has 1 aromatic rings. The molecule has 0 saturated heterocycles. The number of benzene rings is 1. The Morgan fingerprint density at radius 1 is 1.22 bits per heavy atom. The predicted octanol–water partition coefficient (Wildman–Crippen LogP) is 4.40. The summed E-state index contributed by atoms with van der Waals surface area (Å²) >= 11 is 3.08. The molecule has 0 aliphatic heterocycles. The highest BCUT2D eigenvalue weighted by atomic mass is 79.9. The molecule has 0 aromatic heterocycles. The largest absolute Gasteiger partial charge is 0.310 e. The van der Waals surface area contributed by atoms with Crippen LogP contribution in [0.4, 0.5) is 8.78 Å². The standard InChI is InChI=1S/C14H18BrF2N/c1-9-2-4-10(5-3-9)18-8-11-13(16)7-6-12(15)14(11)17/h6-7,9-10,18H,2-5,8H2,1H3. The molecule has 0 spiro atoms. The van der Waals surface area contributed by atoms with Gasteiger partial charge >= 0.3 is 0 Å². The van der Waals surface area contributed by atoms with Crippen molar-refractivity contribution in [1.29, 1.82) is 0 Å². The van der Waals surface area contributed by atoms with Gasteiger partial charge in [0.05, 0.1) is 4.47 Å². The highest BCUT2D eigenvalue weighted by Crippen LogP contribution is 2.25. The first-order valence-corrected chi connectivity index (χ1v) is 7.23. The van der Waals surface area contributed by atoms with Crippen molar-refractivity contribution < 1.29 is 8.78 Å². The Balaban J connectivity index is 1.96. The molecule has 1 N–H and O–H groups in total. The smallest absolute Gasteiger partial charge is 0.144 e. The molecule has 0 atom stereocenters. The van der Waals surface area contributed by atoms with Crippen LogP contribution in [-0.4, -0.2) is 6.04 Å². The van der Waals surface area contributed by atoms with E-state index in [4.69, 9.17) is 0 Å². The quantitative estimate of drug-likeness (QED) is 0.815. The molecule has 1 saturated carbocycles. The van der Waals surface area contributed by atoms with E-state index < -0.39 is 11.6 Å². The zero-order chi connectivity index (χ0) is 13.1. The molecule has 1 aromatic carbocycles. The molecule has 0 radical (unpaired) electrons. The third-order valence-electron chi connectivity index (χ3n) is 3.72. The normalized spacial score (nSPS) is 24.2. The van der Waals surface area contributed by atoms with Crippen LogP contribution in [0.2, 0.25) is 0 Å². The van der Waals surface area contributed by atoms with Gasteiger partial charge in [0.15, 0.2) is 0 Å². The Kier molecular flexibility index (Phi) is 4.73. The fraction of sp³-hybridized carbons (Fsp3) is 0.571. The predicted molar refractivity (Wildman–Crippen MR) is 72.3 cm³/mol. The maximum atomic E-state index is 13.8. The first-order chi connectivity index (χ1) is 8.58. The molecular weight excluding hydrogens is 300 g/mol. The second-order valence-corrected chi connectivity index (χ2v) is 6.01. The lowest BCUT2D eigenvalue weighted by Gasteiger charge is -2.27. The zero-order valence-corrected chi connectivity index (χ0v) is 12.1. The minimum absolute atomic E-state index is 0.128. The summed E-state index contributed by atoms with van der Waals surface area (Å²) in [4.78, 5) is 0. The number of halogens is 3. The lowest BCUT2D eigenvalue weighted by atomic mass is 9.87. The summed E-state index contributed by atoms with van der Waals surface area (Å²) in [6.45, 7) is 2.51. The van der Waals surface area contributed by atoms with Crippen molar-refractivity contribution in [3.8, 4) is 0 Å². The van der Waals surface area contributed by atoms with Gasteiger partial charge in [-0.15, -0.1) is 0 Å². The molecule has 100 valence electrons. The third kappa shape index (κ3) is 3.29. The monoisotopic (exact) mass is 317 g/mol. The van der Waals surface area contributed by atoms with Crippen molar-refractivity contribution in [3.05, 3.63) is 33.8 Å². The molecule has 0 bridgehead atoms. The molecule has 1 nitrogen and oxygen atoms in total.